The number of aryl methyl sites for hydroxylation is 1. The van der Waals surface area contributed by atoms with Gasteiger partial charge in [0, 0.05) is 11.9 Å². The number of hydrogen-bond acceptors (Lipinski definition) is 3. The van der Waals surface area contributed by atoms with Gasteiger partial charge in [-0.05, 0) is 31.4 Å². The summed E-state index contributed by atoms with van der Waals surface area (Å²) in [5.74, 6) is -3.66. The van der Waals surface area contributed by atoms with E-state index in [0.717, 1.165) is 19.3 Å². The minimum absolute atomic E-state index is 0.253. The number of carboxylic acid groups (broad SMARTS) is 2. The lowest BCUT2D eigenvalue weighted by Crippen LogP contribution is -2.23. The minimum Gasteiger partial charge on any atom is -0.481 e. The summed E-state index contributed by atoms with van der Waals surface area (Å²) in [4.78, 5) is 25.7. The zero-order valence-corrected chi connectivity index (χ0v) is 21.3. The number of nitrogens with zero attached hydrogens (tertiary/aromatic N) is 1. The van der Waals surface area contributed by atoms with Gasteiger partial charge in [-0.1, -0.05) is 116 Å². The third-order valence-electron chi connectivity index (χ3n) is 5.96. The van der Waals surface area contributed by atoms with E-state index in [4.69, 9.17) is 10.2 Å². The number of hydrogen-bond donors (Lipinski definition) is 2. The smallest absolute Gasteiger partial charge is 0.317 e. The molecule has 0 aliphatic rings. The molecule has 5 nitrogen and oxygen atoms in total. The lowest BCUT2D eigenvalue weighted by Gasteiger charge is -2.07. The van der Waals surface area contributed by atoms with Crippen molar-refractivity contribution in [1.29, 1.82) is 0 Å². The molecule has 190 valence electrons. The summed E-state index contributed by atoms with van der Waals surface area (Å²) in [6, 6.07) is 6.07. The molecule has 0 bridgehead atoms. The van der Waals surface area contributed by atoms with Crippen LogP contribution < -0.4 is 0 Å². The second kappa shape index (κ2) is 23.3. The van der Waals surface area contributed by atoms with Gasteiger partial charge in [0.15, 0.2) is 5.92 Å². The van der Waals surface area contributed by atoms with E-state index in [0.29, 0.717) is 6.42 Å². The van der Waals surface area contributed by atoms with Gasteiger partial charge in [-0.3, -0.25) is 14.6 Å². The summed E-state index contributed by atoms with van der Waals surface area (Å²) in [5, 5.41) is 17.5. The lowest BCUT2D eigenvalue weighted by molar-refractivity contribution is -0.154. The Balaban J connectivity index is 0.000000843. The monoisotopic (exact) mass is 463 g/mol. The third kappa shape index (κ3) is 20.4. The summed E-state index contributed by atoms with van der Waals surface area (Å²) in [7, 11) is 0. The first-order valence-electron chi connectivity index (χ1n) is 13.4. The maximum atomic E-state index is 10.7. The third-order valence-corrected chi connectivity index (χ3v) is 5.96. The number of aliphatic carboxylic acids is 2. The van der Waals surface area contributed by atoms with Crippen LogP contribution >= 0.6 is 0 Å². The lowest BCUT2D eigenvalue weighted by atomic mass is 10.00. The number of pyridine rings is 1. The van der Waals surface area contributed by atoms with Gasteiger partial charge in [-0.25, -0.2) is 0 Å². The van der Waals surface area contributed by atoms with Crippen LogP contribution in [0.1, 0.15) is 129 Å². The molecule has 1 rings (SSSR count). The molecule has 5 heteroatoms. The van der Waals surface area contributed by atoms with Crippen molar-refractivity contribution in [2.75, 3.05) is 0 Å². The minimum atomic E-state index is -1.23. The molecule has 0 amide bonds. The molecular weight excluding hydrogens is 414 g/mol. The standard InChI is InChI=1S/C19H36O4.C9H13N/c1-2-3-4-5-6-7-8-9-10-11-12-13-14-15-16-17(18(20)21)19(22)23;1-2-3-6-9-7-4-5-8-10-9/h17H,2-16H2,1H3,(H,20,21)(H,22,23);4-5,7-8H,2-3,6H2,1H3. The number of carboxylic acids is 2. The van der Waals surface area contributed by atoms with E-state index in [1.54, 1.807) is 0 Å². The summed E-state index contributed by atoms with van der Waals surface area (Å²) in [5.41, 5.74) is 1.21. The van der Waals surface area contributed by atoms with Gasteiger partial charge in [0.05, 0.1) is 0 Å². The maximum Gasteiger partial charge on any atom is 0.317 e. The predicted octanol–water partition coefficient (Wildman–Crippen LogP) is 8.07. The van der Waals surface area contributed by atoms with Crippen LogP contribution in [0.15, 0.2) is 24.4 Å². The largest absolute Gasteiger partial charge is 0.481 e. The first-order chi connectivity index (χ1) is 16.0. The Kier molecular flexibility index (Phi) is 21.9. The molecule has 1 aromatic rings. The van der Waals surface area contributed by atoms with E-state index in [-0.39, 0.29) is 6.42 Å². The molecule has 0 spiro atoms. The highest BCUT2D eigenvalue weighted by atomic mass is 16.4. The van der Waals surface area contributed by atoms with Gasteiger partial charge < -0.3 is 10.2 Å². The fourth-order valence-electron chi connectivity index (χ4n) is 3.80. The van der Waals surface area contributed by atoms with Gasteiger partial charge in [0.25, 0.3) is 0 Å². The molecule has 0 fully saturated rings. The van der Waals surface area contributed by atoms with E-state index in [1.165, 1.54) is 89.2 Å². The molecule has 2 N–H and O–H groups in total. The highest BCUT2D eigenvalue weighted by molar-refractivity contribution is 5.92. The first-order valence-corrected chi connectivity index (χ1v) is 13.4. The average Bonchev–Trinajstić information content (AvgIpc) is 2.81. The van der Waals surface area contributed by atoms with E-state index in [9.17, 15) is 9.59 Å². The van der Waals surface area contributed by atoms with Crippen LogP contribution in [0.3, 0.4) is 0 Å². The second-order valence-corrected chi connectivity index (χ2v) is 9.04. The molecule has 0 atom stereocenters. The topological polar surface area (TPSA) is 87.5 Å². The molecule has 1 aromatic heterocycles. The molecule has 1 heterocycles. The van der Waals surface area contributed by atoms with Crippen LogP contribution in [-0.4, -0.2) is 27.1 Å². The molecule has 0 aliphatic carbocycles. The van der Waals surface area contributed by atoms with Crippen molar-refractivity contribution in [3.8, 4) is 0 Å². The van der Waals surface area contributed by atoms with Gasteiger partial charge >= 0.3 is 11.9 Å². The molecule has 0 saturated carbocycles. The Morgan fingerprint density at radius 2 is 1.15 bits per heavy atom. The van der Waals surface area contributed by atoms with E-state index < -0.39 is 17.9 Å². The molecule has 0 saturated heterocycles. The van der Waals surface area contributed by atoms with Crippen LogP contribution in [0.2, 0.25) is 0 Å². The van der Waals surface area contributed by atoms with Crippen molar-refractivity contribution >= 4 is 11.9 Å². The van der Waals surface area contributed by atoms with Gasteiger partial charge in [-0.2, -0.15) is 0 Å². The molecule has 0 aromatic carbocycles. The summed E-state index contributed by atoms with van der Waals surface area (Å²) in [6.07, 6.45) is 23.1. The molecule has 0 aliphatic heterocycles. The Bertz CT molecular complexity index is 563. The maximum absolute atomic E-state index is 10.7. The molecular formula is C28H49NO4. The van der Waals surface area contributed by atoms with E-state index in [2.05, 4.69) is 24.9 Å². The van der Waals surface area contributed by atoms with Crippen molar-refractivity contribution in [2.45, 2.75) is 129 Å². The summed E-state index contributed by atoms with van der Waals surface area (Å²) in [6.45, 7) is 4.44. The Labute approximate surface area is 202 Å². The fraction of sp³-hybridized carbons (Fsp3) is 0.750. The van der Waals surface area contributed by atoms with Crippen LogP contribution in [0, 0.1) is 5.92 Å². The van der Waals surface area contributed by atoms with Crippen LogP contribution in [0.5, 0.6) is 0 Å². The molecule has 0 radical (unpaired) electrons. The van der Waals surface area contributed by atoms with Crippen LogP contribution in [-0.2, 0) is 16.0 Å². The number of unbranched alkanes of at least 4 members (excludes halogenated alkanes) is 14. The highest BCUT2D eigenvalue weighted by Crippen LogP contribution is 2.15. The number of aromatic nitrogens is 1. The average molecular weight is 464 g/mol. The van der Waals surface area contributed by atoms with E-state index >= 15 is 0 Å². The Morgan fingerprint density at radius 3 is 1.55 bits per heavy atom. The quantitative estimate of drug-likeness (QED) is 0.151. The zero-order chi connectivity index (χ0) is 24.6. The normalized spacial score (nSPS) is 10.6. The molecule has 0 unspecified atom stereocenters. The van der Waals surface area contributed by atoms with Crippen LogP contribution in [0.25, 0.3) is 0 Å². The van der Waals surface area contributed by atoms with E-state index in [1.807, 2.05) is 18.3 Å². The number of rotatable bonds is 20. The van der Waals surface area contributed by atoms with Gasteiger partial charge in [0.2, 0.25) is 0 Å². The van der Waals surface area contributed by atoms with Crippen molar-refractivity contribution < 1.29 is 19.8 Å². The summed E-state index contributed by atoms with van der Waals surface area (Å²) < 4.78 is 0. The van der Waals surface area contributed by atoms with Crippen molar-refractivity contribution in [2.24, 2.45) is 5.92 Å². The van der Waals surface area contributed by atoms with Gasteiger partial charge in [-0.15, -0.1) is 0 Å². The van der Waals surface area contributed by atoms with Gasteiger partial charge in [0.1, 0.15) is 0 Å². The predicted molar refractivity (Wildman–Crippen MR) is 137 cm³/mol. The van der Waals surface area contributed by atoms with Crippen molar-refractivity contribution in [1.82, 2.24) is 4.98 Å². The zero-order valence-electron chi connectivity index (χ0n) is 21.3. The SMILES string of the molecule is CCCCCCCCCCCCCCCCC(C(=O)O)C(=O)O.CCCCc1ccccn1. The highest BCUT2D eigenvalue weighted by Gasteiger charge is 2.24. The Hall–Kier alpha value is -1.91. The van der Waals surface area contributed by atoms with Crippen molar-refractivity contribution in [3.63, 3.8) is 0 Å². The Morgan fingerprint density at radius 1 is 0.697 bits per heavy atom. The van der Waals surface area contributed by atoms with Crippen LogP contribution in [0.4, 0.5) is 0 Å². The molecule has 33 heavy (non-hydrogen) atoms. The summed E-state index contributed by atoms with van der Waals surface area (Å²) >= 11 is 0. The first kappa shape index (κ1) is 31.1. The number of carbonyl (C=O) groups is 2. The van der Waals surface area contributed by atoms with Crippen molar-refractivity contribution in [3.05, 3.63) is 30.1 Å². The second-order valence-electron chi connectivity index (χ2n) is 9.04. The fourth-order valence-corrected chi connectivity index (χ4v) is 3.80.